The molecule has 24 heavy (non-hydrogen) atoms. The molecule has 0 radical (unpaired) electrons. The number of nitrogens with two attached hydrogens (primary N) is 1. The van der Waals surface area contributed by atoms with Crippen LogP contribution in [0.1, 0.15) is 20.8 Å². The molecule has 0 saturated heterocycles. The highest BCUT2D eigenvalue weighted by atomic mass is 16.4. The number of carboxylic acid groups (broad SMARTS) is 1. The summed E-state index contributed by atoms with van der Waals surface area (Å²) in [6, 6.07) is -3.73. The van der Waals surface area contributed by atoms with Crippen molar-refractivity contribution in [3.63, 3.8) is 0 Å². The predicted octanol–water partition coefficient (Wildman–Crippen LogP) is -3.73. The van der Waals surface area contributed by atoms with Crippen LogP contribution in [0.25, 0.3) is 0 Å². The summed E-state index contributed by atoms with van der Waals surface area (Å²) >= 11 is 0. The van der Waals surface area contributed by atoms with Gasteiger partial charge in [-0.05, 0) is 20.8 Å². The minimum Gasteiger partial charge on any atom is -0.480 e. The molecule has 0 bridgehead atoms. The summed E-state index contributed by atoms with van der Waals surface area (Å²) in [4.78, 5) is 45.9. The van der Waals surface area contributed by atoms with E-state index >= 15 is 0 Å². The second-order valence-corrected chi connectivity index (χ2v) is 5.34. The molecule has 5 atom stereocenters. The van der Waals surface area contributed by atoms with Gasteiger partial charge in [0.05, 0.1) is 12.2 Å². The van der Waals surface area contributed by atoms with Crippen LogP contribution < -0.4 is 21.7 Å². The van der Waals surface area contributed by atoms with Gasteiger partial charge in [0.25, 0.3) is 0 Å². The molecule has 138 valence electrons. The van der Waals surface area contributed by atoms with E-state index in [-0.39, 0.29) is 0 Å². The van der Waals surface area contributed by atoms with Gasteiger partial charge in [-0.15, -0.1) is 0 Å². The maximum absolute atomic E-state index is 12.0. The van der Waals surface area contributed by atoms with Gasteiger partial charge in [-0.3, -0.25) is 19.2 Å². The van der Waals surface area contributed by atoms with Gasteiger partial charge in [-0.2, -0.15) is 0 Å². The van der Waals surface area contributed by atoms with Crippen LogP contribution in [0.5, 0.6) is 0 Å². The molecule has 0 saturated carbocycles. The third kappa shape index (κ3) is 7.35. The highest BCUT2D eigenvalue weighted by Gasteiger charge is 2.29. The zero-order valence-corrected chi connectivity index (χ0v) is 13.6. The molecule has 0 spiro atoms. The topological polar surface area (TPSA) is 191 Å². The lowest BCUT2D eigenvalue weighted by Gasteiger charge is -2.23. The SMILES string of the molecule is CC(NC(=O)C(N)C(C)O)C(=O)NC(C(=O)NCC(=O)O)C(C)O. The minimum absolute atomic E-state index is 0.673. The van der Waals surface area contributed by atoms with E-state index in [1.165, 1.54) is 20.8 Å². The Morgan fingerprint density at radius 1 is 0.917 bits per heavy atom. The van der Waals surface area contributed by atoms with Crippen LogP contribution >= 0.6 is 0 Å². The fourth-order valence-electron chi connectivity index (χ4n) is 1.55. The molecule has 11 heteroatoms. The van der Waals surface area contributed by atoms with Crippen molar-refractivity contribution in [2.45, 2.75) is 51.1 Å². The van der Waals surface area contributed by atoms with E-state index in [0.717, 1.165) is 0 Å². The van der Waals surface area contributed by atoms with Crippen molar-refractivity contribution in [3.8, 4) is 0 Å². The fourth-order valence-corrected chi connectivity index (χ4v) is 1.55. The number of hydrogen-bond donors (Lipinski definition) is 7. The Hall–Kier alpha value is -2.24. The summed E-state index contributed by atoms with van der Waals surface area (Å²) < 4.78 is 0. The second kappa shape index (κ2) is 9.80. The van der Waals surface area contributed by atoms with Crippen LogP contribution in [0.3, 0.4) is 0 Å². The first-order valence-corrected chi connectivity index (χ1v) is 7.19. The minimum atomic E-state index is -1.40. The number of nitrogens with one attached hydrogen (secondary N) is 3. The Labute approximate surface area is 138 Å². The van der Waals surface area contributed by atoms with Crippen LogP contribution in [-0.2, 0) is 19.2 Å². The summed E-state index contributed by atoms with van der Waals surface area (Å²) in [5.74, 6) is -3.74. The van der Waals surface area contributed by atoms with Crippen LogP contribution in [0.15, 0.2) is 0 Å². The molecule has 5 unspecified atom stereocenters. The average molecular weight is 348 g/mol. The highest BCUT2D eigenvalue weighted by molar-refractivity contribution is 5.93. The van der Waals surface area contributed by atoms with E-state index in [9.17, 15) is 29.4 Å². The van der Waals surface area contributed by atoms with Crippen molar-refractivity contribution in [2.24, 2.45) is 5.73 Å². The number of aliphatic hydroxyl groups is 2. The van der Waals surface area contributed by atoms with Crippen molar-refractivity contribution in [3.05, 3.63) is 0 Å². The van der Waals surface area contributed by atoms with Crippen molar-refractivity contribution >= 4 is 23.7 Å². The number of hydrogen-bond acceptors (Lipinski definition) is 7. The first kappa shape index (κ1) is 21.8. The highest BCUT2D eigenvalue weighted by Crippen LogP contribution is 1.96. The van der Waals surface area contributed by atoms with Gasteiger partial charge in [-0.1, -0.05) is 0 Å². The number of amides is 3. The number of carbonyl (C=O) groups is 4. The third-order valence-electron chi connectivity index (χ3n) is 3.05. The van der Waals surface area contributed by atoms with Crippen LogP contribution in [-0.4, -0.2) is 75.9 Å². The van der Waals surface area contributed by atoms with Crippen molar-refractivity contribution in [1.29, 1.82) is 0 Å². The summed E-state index contributed by atoms with van der Waals surface area (Å²) in [5, 5.41) is 33.8. The van der Waals surface area contributed by atoms with Gasteiger partial charge >= 0.3 is 5.97 Å². The summed E-state index contributed by atoms with van der Waals surface area (Å²) in [6.07, 6.45) is -2.42. The zero-order valence-electron chi connectivity index (χ0n) is 13.6. The monoisotopic (exact) mass is 348 g/mol. The van der Waals surface area contributed by atoms with E-state index in [4.69, 9.17) is 10.8 Å². The maximum Gasteiger partial charge on any atom is 0.322 e. The van der Waals surface area contributed by atoms with Crippen molar-refractivity contribution in [2.75, 3.05) is 6.54 Å². The Balaban J connectivity index is 4.74. The van der Waals surface area contributed by atoms with Crippen LogP contribution in [0.2, 0.25) is 0 Å². The van der Waals surface area contributed by atoms with Gasteiger partial charge in [0.2, 0.25) is 17.7 Å². The van der Waals surface area contributed by atoms with Gasteiger partial charge < -0.3 is 37.0 Å². The smallest absolute Gasteiger partial charge is 0.322 e. The number of carboxylic acids is 1. The van der Waals surface area contributed by atoms with Crippen LogP contribution in [0, 0.1) is 0 Å². The molecule has 0 rings (SSSR count). The molecule has 3 amide bonds. The largest absolute Gasteiger partial charge is 0.480 e. The number of carbonyl (C=O) groups excluding carboxylic acids is 3. The fraction of sp³-hybridized carbons (Fsp3) is 0.692. The summed E-state index contributed by atoms with van der Waals surface area (Å²) in [5.41, 5.74) is 5.42. The van der Waals surface area contributed by atoms with Crippen molar-refractivity contribution in [1.82, 2.24) is 16.0 Å². The Morgan fingerprint density at radius 3 is 1.88 bits per heavy atom. The molecule has 8 N–H and O–H groups in total. The van der Waals surface area contributed by atoms with Gasteiger partial charge in [0, 0.05) is 0 Å². The van der Waals surface area contributed by atoms with E-state index in [1.807, 2.05) is 5.32 Å². The normalized spacial score (nSPS) is 16.9. The Kier molecular flexibility index (Phi) is 8.89. The number of rotatable bonds is 9. The van der Waals surface area contributed by atoms with Gasteiger partial charge in [-0.25, -0.2) is 0 Å². The molecule has 0 aromatic heterocycles. The van der Waals surface area contributed by atoms with E-state index in [2.05, 4.69) is 10.6 Å². The standard InChI is InChI=1S/C13H24N4O7/c1-5(16-12(23)9(14)6(2)18)11(22)17-10(7(3)19)13(24)15-4-8(20)21/h5-7,9-10,18-19H,4,14H2,1-3H3,(H,15,24)(H,16,23)(H,17,22)(H,20,21). The molecule has 0 aliphatic heterocycles. The summed E-state index contributed by atoms with van der Waals surface area (Å²) in [7, 11) is 0. The van der Waals surface area contributed by atoms with Crippen LogP contribution in [0.4, 0.5) is 0 Å². The second-order valence-electron chi connectivity index (χ2n) is 5.34. The Morgan fingerprint density at radius 2 is 1.46 bits per heavy atom. The molecular weight excluding hydrogens is 324 g/mol. The van der Waals surface area contributed by atoms with E-state index < -0.39 is 60.6 Å². The Bertz CT molecular complexity index is 481. The molecule has 0 aromatic rings. The maximum atomic E-state index is 12.0. The zero-order chi connectivity index (χ0) is 19.0. The van der Waals surface area contributed by atoms with E-state index in [1.54, 1.807) is 0 Å². The van der Waals surface area contributed by atoms with Gasteiger partial charge in [0.15, 0.2) is 0 Å². The van der Waals surface area contributed by atoms with Gasteiger partial charge in [0.1, 0.15) is 24.7 Å². The lowest BCUT2D eigenvalue weighted by atomic mass is 10.1. The molecular formula is C13H24N4O7. The quantitative estimate of drug-likeness (QED) is 0.221. The lowest BCUT2D eigenvalue weighted by molar-refractivity contribution is -0.139. The third-order valence-corrected chi connectivity index (χ3v) is 3.05. The van der Waals surface area contributed by atoms with Crippen molar-refractivity contribution < 1.29 is 34.5 Å². The molecule has 0 heterocycles. The number of aliphatic hydroxyl groups excluding tert-OH is 2. The molecule has 11 nitrogen and oxygen atoms in total. The average Bonchev–Trinajstić information content (AvgIpc) is 2.48. The van der Waals surface area contributed by atoms with E-state index in [0.29, 0.717) is 0 Å². The molecule has 0 aliphatic rings. The predicted molar refractivity (Wildman–Crippen MR) is 81.5 cm³/mol. The lowest BCUT2D eigenvalue weighted by Crippen LogP contribution is -2.58. The summed E-state index contributed by atoms with van der Waals surface area (Å²) in [6.45, 7) is 3.19. The first-order valence-electron chi connectivity index (χ1n) is 7.19. The number of aliphatic carboxylic acids is 1. The molecule has 0 fully saturated rings. The molecule has 0 aromatic carbocycles. The molecule has 0 aliphatic carbocycles. The first-order chi connectivity index (χ1) is 11.0.